The summed E-state index contributed by atoms with van der Waals surface area (Å²) in [6.07, 6.45) is 10.4. The van der Waals surface area contributed by atoms with Crippen molar-refractivity contribution in [1.29, 1.82) is 0 Å². The number of hydrogen-bond donors (Lipinski definition) is 3. The molecule has 1 aromatic carbocycles. The summed E-state index contributed by atoms with van der Waals surface area (Å²) in [6.45, 7) is 5.11. The summed E-state index contributed by atoms with van der Waals surface area (Å²) in [5.41, 5.74) is 7.82. The number of urea groups is 1. The van der Waals surface area contributed by atoms with Crippen LogP contribution in [0.1, 0.15) is 74.3 Å². The van der Waals surface area contributed by atoms with Gasteiger partial charge in [0.1, 0.15) is 11.9 Å². The van der Waals surface area contributed by atoms with Gasteiger partial charge in [-0.25, -0.2) is 19.6 Å². The molecule has 3 aliphatic rings. The minimum atomic E-state index is -0.820. The number of carbonyl (C=O) groups excluding carboxylic acids is 3. The lowest BCUT2D eigenvalue weighted by Crippen LogP contribution is -2.60. The predicted molar refractivity (Wildman–Crippen MR) is 169 cm³/mol. The lowest BCUT2D eigenvalue weighted by atomic mass is 9.74. The number of anilines is 3. The number of aromatic nitrogens is 2. The number of nitrogens with one attached hydrogen (secondary N) is 2. The molecule has 2 atom stereocenters. The van der Waals surface area contributed by atoms with Gasteiger partial charge < -0.3 is 35.8 Å². The summed E-state index contributed by atoms with van der Waals surface area (Å²) >= 11 is 0. The second-order valence-corrected chi connectivity index (χ2v) is 12.8. The van der Waals surface area contributed by atoms with Gasteiger partial charge in [0.15, 0.2) is 11.5 Å². The molecule has 0 bridgehead atoms. The first-order valence-electron chi connectivity index (χ1n) is 15.7. The molecule has 0 spiro atoms. The fraction of sp³-hybridized carbons (Fsp3) is 0.594. The van der Waals surface area contributed by atoms with E-state index in [-0.39, 0.29) is 23.0 Å². The molecule has 2 aromatic rings. The molecule has 3 heterocycles. The molecule has 3 fully saturated rings. The van der Waals surface area contributed by atoms with Gasteiger partial charge in [-0.1, -0.05) is 31.9 Å². The van der Waals surface area contributed by atoms with Crippen molar-refractivity contribution >= 4 is 35.2 Å². The van der Waals surface area contributed by atoms with Crippen molar-refractivity contribution in [3.05, 3.63) is 41.7 Å². The van der Waals surface area contributed by atoms with Gasteiger partial charge in [-0.05, 0) is 74.7 Å². The minimum Gasteiger partial charge on any atom is -0.467 e. The summed E-state index contributed by atoms with van der Waals surface area (Å²) in [4.78, 5) is 52.7. The average molecular weight is 607 g/mol. The van der Waals surface area contributed by atoms with Crippen molar-refractivity contribution < 1.29 is 19.1 Å². The highest BCUT2D eigenvalue weighted by Crippen LogP contribution is 2.38. The lowest BCUT2D eigenvalue weighted by Gasteiger charge is -2.42. The van der Waals surface area contributed by atoms with Crippen molar-refractivity contribution in [3.8, 4) is 0 Å². The number of benzene rings is 1. The van der Waals surface area contributed by atoms with Crippen LogP contribution in [-0.4, -0.2) is 96.6 Å². The third-order valence-electron chi connectivity index (χ3n) is 9.66. The average Bonchev–Trinajstić information content (AvgIpc) is 3.56. The SMILES string of the molecule is COC(=O)C1C(NC(=O)N(C)C)CCCN1c1cnc(C(N)=O)c(Nc2ccc(C3(C)CCN(C4CCCC4)CC3)cc2)n1. The molecule has 12 nitrogen and oxygen atoms in total. The van der Waals surface area contributed by atoms with Crippen LogP contribution in [0.25, 0.3) is 0 Å². The van der Waals surface area contributed by atoms with E-state index in [1.54, 1.807) is 19.0 Å². The maximum absolute atomic E-state index is 13.0. The Labute approximate surface area is 259 Å². The van der Waals surface area contributed by atoms with Crippen LogP contribution in [0.4, 0.5) is 22.1 Å². The summed E-state index contributed by atoms with van der Waals surface area (Å²) in [5, 5.41) is 6.16. The molecule has 2 saturated heterocycles. The number of rotatable bonds is 8. The van der Waals surface area contributed by atoms with Gasteiger partial charge in [0.2, 0.25) is 0 Å². The van der Waals surface area contributed by atoms with Crippen LogP contribution in [-0.2, 0) is 14.9 Å². The molecule has 2 unspecified atom stereocenters. The first-order chi connectivity index (χ1) is 21.1. The number of amides is 3. The van der Waals surface area contributed by atoms with E-state index in [0.717, 1.165) is 37.7 Å². The Hall–Kier alpha value is -3.93. The monoisotopic (exact) mass is 606 g/mol. The summed E-state index contributed by atoms with van der Waals surface area (Å²) < 4.78 is 5.12. The standard InChI is InChI=1S/C32H46N8O4/c1-32(15-18-39(19-16-32)23-8-5-6-9-23)21-11-13-22(14-12-21)35-29-26(28(33)41)34-20-25(37-29)40-17-7-10-24(27(40)30(42)44-4)36-31(43)38(2)3/h11-14,20,23-24,27H,5-10,15-19H2,1-4H3,(H2,33,41)(H,35,37)(H,36,43). The second-order valence-electron chi connectivity index (χ2n) is 12.8. The van der Waals surface area contributed by atoms with Gasteiger partial charge in [0.05, 0.1) is 19.3 Å². The van der Waals surface area contributed by atoms with E-state index in [1.165, 1.54) is 49.5 Å². The fourth-order valence-electron chi connectivity index (χ4n) is 6.92. The summed E-state index contributed by atoms with van der Waals surface area (Å²) in [5.74, 6) is -0.650. The molecule has 12 heteroatoms. The van der Waals surface area contributed by atoms with Crippen LogP contribution in [0.5, 0.6) is 0 Å². The lowest BCUT2D eigenvalue weighted by molar-refractivity contribution is -0.143. The topological polar surface area (TPSA) is 146 Å². The van der Waals surface area contributed by atoms with Crippen LogP contribution >= 0.6 is 0 Å². The number of hydrogen-bond acceptors (Lipinski definition) is 9. The molecule has 1 saturated carbocycles. The van der Waals surface area contributed by atoms with E-state index in [2.05, 4.69) is 39.6 Å². The molecule has 238 valence electrons. The van der Waals surface area contributed by atoms with Crippen molar-refractivity contribution in [2.75, 3.05) is 51.1 Å². The first kappa shape index (κ1) is 31.5. The molecule has 1 aliphatic carbocycles. The second kappa shape index (κ2) is 13.4. The molecule has 1 aromatic heterocycles. The third-order valence-corrected chi connectivity index (χ3v) is 9.66. The molecule has 4 N–H and O–H groups in total. The quantitative estimate of drug-likeness (QED) is 0.385. The van der Waals surface area contributed by atoms with E-state index in [0.29, 0.717) is 25.2 Å². The Balaban J connectivity index is 1.34. The van der Waals surface area contributed by atoms with Gasteiger partial charge in [-0.3, -0.25) is 4.79 Å². The number of nitrogens with two attached hydrogens (primary N) is 1. The number of likely N-dealkylation sites (tertiary alicyclic amines) is 1. The molecule has 44 heavy (non-hydrogen) atoms. The van der Waals surface area contributed by atoms with Gasteiger partial charge in [-0.2, -0.15) is 0 Å². The van der Waals surface area contributed by atoms with E-state index in [4.69, 9.17) is 15.5 Å². The molecular formula is C32H46N8O4. The highest BCUT2D eigenvalue weighted by Gasteiger charge is 2.40. The number of ether oxygens (including phenoxy) is 1. The third kappa shape index (κ3) is 6.74. The number of esters is 1. The molecule has 5 rings (SSSR count). The molecular weight excluding hydrogens is 560 g/mol. The van der Waals surface area contributed by atoms with Gasteiger partial charge in [-0.15, -0.1) is 0 Å². The number of carbonyl (C=O) groups is 3. The highest BCUT2D eigenvalue weighted by atomic mass is 16.5. The van der Waals surface area contributed by atoms with E-state index >= 15 is 0 Å². The van der Waals surface area contributed by atoms with Crippen molar-refractivity contribution in [1.82, 2.24) is 25.1 Å². The Morgan fingerprint density at radius 3 is 2.32 bits per heavy atom. The Bertz CT molecular complexity index is 1340. The highest BCUT2D eigenvalue weighted by molar-refractivity contribution is 5.96. The minimum absolute atomic E-state index is 0.00633. The van der Waals surface area contributed by atoms with Gasteiger partial charge in [0, 0.05) is 32.4 Å². The van der Waals surface area contributed by atoms with Crippen LogP contribution in [0.3, 0.4) is 0 Å². The zero-order valence-electron chi connectivity index (χ0n) is 26.3. The fourth-order valence-corrected chi connectivity index (χ4v) is 6.92. The van der Waals surface area contributed by atoms with Gasteiger partial charge >= 0.3 is 12.0 Å². The van der Waals surface area contributed by atoms with Crippen molar-refractivity contribution in [3.63, 3.8) is 0 Å². The Kier molecular flexibility index (Phi) is 9.57. The van der Waals surface area contributed by atoms with Gasteiger partial charge in [0.25, 0.3) is 5.91 Å². The molecule has 3 amide bonds. The number of methoxy groups -OCH3 is 1. The van der Waals surface area contributed by atoms with Crippen LogP contribution in [0.15, 0.2) is 30.5 Å². The zero-order valence-corrected chi connectivity index (χ0v) is 26.3. The number of nitrogens with zero attached hydrogens (tertiary/aromatic N) is 5. The molecule has 0 radical (unpaired) electrons. The normalized spacial score (nSPS) is 22.3. The maximum atomic E-state index is 13.0. The number of piperidine rings is 2. The van der Waals surface area contributed by atoms with Crippen LogP contribution in [0.2, 0.25) is 0 Å². The maximum Gasteiger partial charge on any atom is 0.330 e. The largest absolute Gasteiger partial charge is 0.467 e. The summed E-state index contributed by atoms with van der Waals surface area (Å²) in [7, 11) is 4.60. The van der Waals surface area contributed by atoms with E-state index < -0.39 is 24.0 Å². The van der Waals surface area contributed by atoms with Crippen LogP contribution in [0, 0.1) is 0 Å². The summed E-state index contributed by atoms with van der Waals surface area (Å²) in [6, 6.07) is 7.41. The zero-order chi connectivity index (χ0) is 31.4. The predicted octanol–water partition coefficient (Wildman–Crippen LogP) is 3.40. The smallest absolute Gasteiger partial charge is 0.330 e. The Morgan fingerprint density at radius 1 is 1.02 bits per heavy atom. The van der Waals surface area contributed by atoms with Crippen molar-refractivity contribution in [2.45, 2.75) is 81.8 Å². The van der Waals surface area contributed by atoms with Crippen LogP contribution < -0.4 is 21.3 Å². The molecule has 2 aliphatic heterocycles. The van der Waals surface area contributed by atoms with E-state index in [1.807, 2.05) is 12.1 Å². The first-order valence-corrected chi connectivity index (χ1v) is 15.7. The number of primary amides is 1. The van der Waals surface area contributed by atoms with Crippen molar-refractivity contribution in [2.24, 2.45) is 5.73 Å². The Morgan fingerprint density at radius 2 is 1.70 bits per heavy atom. The van der Waals surface area contributed by atoms with E-state index in [9.17, 15) is 14.4 Å².